The van der Waals surface area contributed by atoms with Crippen molar-refractivity contribution in [3.63, 3.8) is 0 Å². The lowest BCUT2D eigenvalue weighted by molar-refractivity contribution is 0.102. The molecule has 0 spiro atoms. The third kappa shape index (κ3) is 4.63. The van der Waals surface area contributed by atoms with E-state index in [2.05, 4.69) is 50.2 Å². The zero-order valence-corrected chi connectivity index (χ0v) is 17.3. The maximum Gasteiger partial charge on any atom is 0.259 e. The van der Waals surface area contributed by atoms with Crippen LogP contribution in [0.1, 0.15) is 55.3 Å². The van der Waals surface area contributed by atoms with Gasteiger partial charge in [-0.05, 0) is 51.1 Å². The second kappa shape index (κ2) is 9.07. The van der Waals surface area contributed by atoms with Crippen molar-refractivity contribution >= 4 is 22.6 Å². The molecule has 0 fully saturated rings. The number of carbonyl (C=O) groups is 1. The monoisotopic (exact) mass is 378 g/mol. The zero-order valence-electron chi connectivity index (χ0n) is 17.3. The summed E-state index contributed by atoms with van der Waals surface area (Å²) in [6, 6.07) is 16.3. The van der Waals surface area contributed by atoms with Crippen LogP contribution in [0.4, 0.5) is 5.69 Å². The summed E-state index contributed by atoms with van der Waals surface area (Å²) >= 11 is 0. The van der Waals surface area contributed by atoms with E-state index in [1.54, 1.807) is 0 Å². The first-order valence-electron chi connectivity index (χ1n) is 10.1. The van der Waals surface area contributed by atoms with Crippen LogP contribution < -0.4 is 5.32 Å². The Hall–Kier alpha value is -2.59. The van der Waals surface area contributed by atoms with E-state index in [0.29, 0.717) is 11.6 Å². The molecule has 0 saturated heterocycles. The van der Waals surface area contributed by atoms with Gasteiger partial charge in [-0.3, -0.25) is 9.69 Å². The average molecular weight is 379 g/mol. The molecule has 3 aromatic rings. The number of fused-ring (bicyclic) bond motifs is 1. The van der Waals surface area contributed by atoms with Crippen molar-refractivity contribution in [3.05, 3.63) is 65.4 Å². The van der Waals surface area contributed by atoms with Crippen molar-refractivity contribution in [3.8, 4) is 0 Å². The third-order valence-electron chi connectivity index (χ3n) is 5.18. The minimum Gasteiger partial charge on any atom is -0.460 e. The second-order valence-corrected chi connectivity index (χ2v) is 7.66. The Bertz CT molecular complexity index is 925. The van der Waals surface area contributed by atoms with E-state index < -0.39 is 0 Å². The molecular formula is C24H30N2O2. The van der Waals surface area contributed by atoms with Crippen LogP contribution in [0.25, 0.3) is 11.0 Å². The first-order valence-corrected chi connectivity index (χ1v) is 10.1. The SMILES string of the molecule is CCCCc1oc2ccccc2c1C(=O)Nc1ccc(CN(C)C(C)C)cc1. The standard InChI is InChI=1S/C24H30N2O2/c1-5-6-10-22-23(20-9-7-8-11-21(20)28-22)24(27)25-19-14-12-18(13-15-19)16-26(4)17(2)3/h7-9,11-15,17H,5-6,10,16H2,1-4H3,(H,25,27). The highest BCUT2D eigenvalue weighted by atomic mass is 16.3. The maximum atomic E-state index is 13.0. The number of unbranched alkanes of at least 4 members (excludes halogenated alkanes) is 1. The van der Waals surface area contributed by atoms with Gasteiger partial charge in [-0.1, -0.05) is 43.7 Å². The van der Waals surface area contributed by atoms with Gasteiger partial charge in [0.1, 0.15) is 11.3 Å². The Balaban J connectivity index is 1.79. The van der Waals surface area contributed by atoms with E-state index in [1.165, 1.54) is 5.56 Å². The second-order valence-electron chi connectivity index (χ2n) is 7.66. The molecule has 0 atom stereocenters. The predicted molar refractivity (Wildman–Crippen MR) is 116 cm³/mol. The quantitative estimate of drug-likeness (QED) is 0.533. The predicted octanol–water partition coefficient (Wildman–Crippen LogP) is 5.87. The normalized spacial score (nSPS) is 11.5. The Morgan fingerprint density at radius 2 is 1.82 bits per heavy atom. The van der Waals surface area contributed by atoms with E-state index in [4.69, 9.17) is 4.42 Å². The van der Waals surface area contributed by atoms with Crippen molar-refractivity contribution in [1.82, 2.24) is 4.90 Å². The molecule has 1 heterocycles. The fourth-order valence-corrected chi connectivity index (χ4v) is 3.22. The smallest absolute Gasteiger partial charge is 0.259 e. The average Bonchev–Trinajstić information content (AvgIpc) is 3.06. The van der Waals surface area contributed by atoms with Gasteiger partial charge in [0, 0.05) is 30.1 Å². The summed E-state index contributed by atoms with van der Waals surface area (Å²) in [4.78, 5) is 15.3. The van der Waals surface area contributed by atoms with Crippen LogP contribution in [0.5, 0.6) is 0 Å². The molecule has 1 N–H and O–H groups in total. The van der Waals surface area contributed by atoms with Crippen molar-refractivity contribution < 1.29 is 9.21 Å². The minimum atomic E-state index is -0.108. The fourth-order valence-electron chi connectivity index (χ4n) is 3.22. The minimum absolute atomic E-state index is 0.108. The number of carbonyl (C=O) groups excluding carboxylic acids is 1. The lowest BCUT2D eigenvalue weighted by Crippen LogP contribution is -2.25. The topological polar surface area (TPSA) is 45.5 Å². The molecule has 1 amide bonds. The number of nitrogens with zero attached hydrogens (tertiary/aromatic N) is 1. The zero-order chi connectivity index (χ0) is 20.1. The number of para-hydroxylation sites is 1. The summed E-state index contributed by atoms with van der Waals surface area (Å²) in [7, 11) is 2.11. The number of benzene rings is 2. The molecule has 28 heavy (non-hydrogen) atoms. The van der Waals surface area contributed by atoms with Gasteiger partial charge in [0.15, 0.2) is 0 Å². The number of hydrogen-bond acceptors (Lipinski definition) is 3. The highest BCUT2D eigenvalue weighted by molar-refractivity contribution is 6.13. The Kier molecular flexibility index (Phi) is 6.53. The van der Waals surface area contributed by atoms with Gasteiger partial charge in [0.2, 0.25) is 0 Å². The van der Waals surface area contributed by atoms with E-state index in [1.807, 2.05) is 36.4 Å². The molecule has 3 rings (SSSR count). The van der Waals surface area contributed by atoms with E-state index in [0.717, 1.165) is 48.2 Å². The summed E-state index contributed by atoms with van der Waals surface area (Å²) in [5.41, 5.74) is 3.46. The number of hydrogen-bond donors (Lipinski definition) is 1. The molecule has 2 aromatic carbocycles. The molecular weight excluding hydrogens is 348 g/mol. The van der Waals surface area contributed by atoms with Gasteiger partial charge >= 0.3 is 0 Å². The number of anilines is 1. The molecule has 0 saturated carbocycles. The van der Waals surface area contributed by atoms with Crippen LogP contribution in [-0.4, -0.2) is 23.9 Å². The molecule has 1 aromatic heterocycles. The van der Waals surface area contributed by atoms with Crippen LogP contribution >= 0.6 is 0 Å². The molecule has 4 nitrogen and oxygen atoms in total. The first kappa shape index (κ1) is 20.2. The van der Waals surface area contributed by atoms with E-state index in [-0.39, 0.29) is 5.91 Å². The Labute approximate surface area is 167 Å². The van der Waals surface area contributed by atoms with Crippen molar-refractivity contribution in [1.29, 1.82) is 0 Å². The third-order valence-corrected chi connectivity index (χ3v) is 5.18. The molecule has 0 aliphatic rings. The molecule has 0 aliphatic heterocycles. The van der Waals surface area contributed by atoms with Crippen molar-refractivity contribution in [2.45, 2.75) is 52.6 Å². The molecule has 0 aliphatic carbocycles. The van der Waals surface area contributed by atoms with E-state index in [9.17, 15) is 4.79 Å². The summed E-state index contributed by atoms with van der Waals surface area (Å²) in [5.74, 6) is 0.666. The Morgan fingerprint density at radius 1 is 1.11 bits per heavy atom. The van der Waals surface area contributed by atoms with Crippen molar-refractivity contribution in [2.75, 3.05) is 12.4 Å². The summed E-state index contributed by atoms with van der Waals surface area (Å²) in [6.45, 7) is 7.39. The fraction of sp³-hybridized carbons (Fsp3) is 0.375. The molecule has 0 radical (unpaired) electrons. The summed E-state index contributed by atoms with van der Waals surface area (Å²) in [6.07, 6.45) is 2.83. The maximum absolute atomic E-state index is 13.0. The molecule has 0 bridgehead atoms. The van der Waals surface area contributed by atoms with Gasteiger partial charge in [0.05, 0.1) is 5.56 Å². The summed E-state index contributed by atoms with van der Waals surface area (Å²) in [5, 5.41) is 3.92. The number of aryl methyl sites for hydroxylation is 1. The summed E-state index contributed by atoms with van der Waals surface area (Å²) < 4.78 is 5.98. The number of nitrogens with one attached hydrogen (secondary N) is 1. The lowest BCUT2D eigenvalue weighted by atomic mass is 10.1. The lowest BCUT2D eigenvalue weighted by Gasteiger charge is -2.21. The van der Waals surface area contributed by atoms with Crippen molar-refractivity contribution in [2.24, 2.45) is 0 Å². The van der Waals surface area contributed by atoms with Crippen LogP contribution in [0.15, 0.2) is 52.9 Å². The van der Waals surface area contributed by atoms with Gasteiger partial charge in [0.25, 0.3) is 5.91 Å². The molecule has 4 heteroatoms. The Morgan fingerprint density at radius 3 is 2.50 bits per heavy atom. The first-order chi connectivity index (χ1) is 13.5. The van der Waals surface area contributed by atoms with Gasteiger partial charge in [-0.2, -0.15) is 0 Å². The highest BCUT2D eigenvalue weighted by Crippen LogP contribution is 2.28. The number of amides is 1. The van der Waals surface area contributed by atoms with Gasteiger partial charge in [-0.15, -0.1) is 0 Å². The number of furan rings is 1. The van der Waals surface area contributed by atoms with Crippen LogP contribution in [0.3, 0.4) is 0 Å². The number of rotatable bonds is 8. The van der Waals surface area contributed by atoms with Crippen LogP contribution in [0, 0.1) is 0 Å². The van der Waals surface area contributed by atoms with Gasteiger partial charge < -0.3 is 9.73 Å². The van der Waals surface area contributed by atoms with E-state index >= 15 is 0 Å². The van der Waals surface area contributed by atoms with Crippen LogP contribution in [0.2, 0.25) is 0 Å². The highest BCUT2D eigenvalue weighted by Gasteiger charge is 2.20. The van der Waals surface area contributed by atoms with Gasteiger partial charge in [-0.25, -0.2) is 0 Å². The van der Waals surface area contributed by atoms with Crippen LogP contribution in [-0.2, 0) is 13.0 Å². The molecule has 0 unspecified atom stereocenters. The molecule has 148 valence electrons. The largest absolute Gasteiger partial charge is 0.460 e.